The standard InChI is InChI=1S/C19H22N6O5.C2HF3O2/c20-13-7-8-25(19(29)24-13)18-17(28)16(27)12(30-18)9-21-15(26)6-5-14-22-10-3-1-2-4-11(10)23-14;3-2(4,5)1(6)7/h1-4,7-8,12,16-18,27-28H,5-6,9H2,(H,21,26)(H,22,23)(H2,20,24,29);(H,6,7)/t12-,16-,17-,18-;/m1./s1. The topological polar surface area (TPSA) is 206 Å². The summed E-state index contributed by atoms with van der Waals surface area (Å²) >= 11 is 0. The first-order valence-electron chi connectivity index (χ1n) is 10.7. The fourth-order valence-corrected chi connectivity index (χ4v) is 3.41. The smallest absolute Gasteiger partial charge is 0.475 e. The van der Waals surface area contributed by atoms with Crippen LogP contribution in [-0.2, 0) is 20.7 Å². The molecule has 37 heavy (non-hydrogen) atoms. The van der Waals surface area contributed by atoms with Crippen LogP contribution in [0.25, 0.3) is 11.0 Å². The van der Waals surface area contributed by atoms with Gasteiger partial charge in [-0.05, 0) is 18.2 Å². The molecule has 4 rings (SSSR count). The summed E-state index contributed by atoms with van der Waals surface area (Å²) in [6, 6.07) is 8.98. The summed E-state index contributed by atoms with van der Waals surface area (Å²) in [5.41, 5.74) is 6.49. The number of imidazole rings is 1. The number of carboxylic acids is 1. The van der Waals surface area contributed by atoms with Crippen molar-refractivity contribution < 1.29 is 42.8 Å². The number of H-pyrrole nitrogens is 1. The predicted molar refractivity (Wildman–Crippen MR) is 120 cm³/mol. The number of carbonyl (C=O) groups is 2. The third-order valence-electron chi connectivity index (χ3n) is 5.23. The summed E-state index contributed by atoms with van der Waals surface area (Å²) < 4.78 is 38.4. The van der Waals surface area contributed by atoms with Crippen LogP contribution >= 0.6 is 0 Å². The second-order valence-corrected chi connectivity index (χ2v) is 7.90. The van der Waals surface area contributed by atoms with Crippen molar-refractivity contribution in [1.82, 2.24) is 24.8 Å². The van der Waals surface area contributed by atoms with Crippen molar-refractivity contribution in [2.45, 2.75) is 43.6 Å². The summed E-state index contributed by atoms with van der Waals surface area (Å²) in [6.07, 6.45) is -7.79. The van der Waals surface area contributed by atoms with Gasteiger partial charge in [0.1, 0.15) is 30.0 Å². The van der Waals surface area contributed by atoms with Crippen molar-refractivity contribution in [2.24, 2.45) is 0 Å². The average molecular weight is 528 g/mol. The number of alkyl halides is 3. The number of aliphatic hydroxyl groups is 2. The second kappa shape index (κ2) is 11.4. The number of aromatic amines is 1. The lowest BCUT2D eigenvalue weighted by Crippen LogP contribution is -2.40. The summed E-state index contributed by atoms with van der Waals surface area (Å²) in [7, 11) is 0. The first-order chi connectivity index (χ1) is 17.4. The number of para-hydroxylation sites is 2. The molecule has 3 heterocycles. The molecule has 13 nitrogen and oxygen atoms in total. The number of carboxylic acid groups (broad SMARTS) is 1. The third kappa shape index (κ3) is 7.02. The minimum atomic E-state index is -5.08. The van der Waals surface area contributed by atoms with Gasteiger partial charge in [0.2, 0.25) is 5.91 Å². The van der Waals surface area contributed by atoms with Gasteiger partial charge in [-0.1, -0.05) is 12.1 Å². The highest BCUT2D eigenvalue weighted by Gasteiger charge is 2.44. The van der Waals surface area contributed by atoms with Crippen LogP contribution in [0.5, 0.6) is 0 Å². The molecule has 200 valence electrons. The molecule has 1 saturated heterocycles. The molecule has 1 amide bonds. The number of amides is 1. The van der Waals surface area contributed by atoms with E-state index in [4.69, 9.17) is 20.4 Å². The number of fused-ring (bicyclic) bond motifs is 1. The Balaban J connectivity index is 0.000000479. The van der Waals surface area contributed by atoms with Gasteiger partial charge in [0.05, 0.1) is 11.0 Å². The highest BCUT2D eigenvalue weighted by molar-refractivity contribution is 5.77. The predicted octanol–water partition coefficient (Wildman–Crippen LogP) is -0.297. The molecule has 1 fully saturated rings. The van der Waals surface area contributed by atoms with Crippen molar-refractivity contribution >= 4 is 28.7 Å². The molecule has 0 unspecified atom stereocenters. The number of aliphatic hydroxyl groups excluding tert-OH is 2. The first kappa shape index (κ1) is 27.6. The van der Waals surface area contributed by atoms with Crippen LogP contribution in [0.4, 0.5) is 19.0 Å². The molecule has 16 heteroatoms. The van der Waals surface area contributed by atoms with E-state index in [2.05, 4.69) is 20.3 Å². The van der Waals surface area contributed by atoms with Gasteiger partial charge in [0.15, 0.2) is 6.23 Å². The Hall–Kier alpha value is -4.02. The van der Waals surface area contributed by atoms with Crippen molar-refractivity contribution in [3.63, 3.8) is 0 Å². The van der Waals surface area contributed by atoms with Crippen LogP contribution in [0.15, 0.2) is 41.3 Å². The molecule has 0 saturated carbocycles. The number of anilines is 1. The number of nitrogens with one attached hydrogen (secondary N) is 2. The van der Waals surface area contributed by atoms with Crippen molar-refractivity contribution in [2.75, 3.05) is 12.3 Å². The van der Waals surface area contributed by atoms with E-state index in [-0.39, 0.29) is 24.7 Å². The Labute approximate surface area is 205 Å². The maximum atomic E-state index is 12.2. The number of hydrogen-bond donors (Lipinski definition) is 6. The number of nitrogen functional groups attached to an aromatic ring is 1. The Kier molecular flexibility index (Phi) is 8.46. The van der Waals surface area contributed by atoms with Crippen LogP contribution in [0.1, 0.15) is 18.5 Å². The molecule has 0 radical (unpaired) electrons. The monoisotopic (exact) mass is 528 g/mol. The summed E-state index contributed by atoms with van der Waals surface area (Å²) in [6.45, 7) is -0.0230. The number of ether oxygens (including phenoxy) is 1. The number of nitrogens with zero attached hydrogens (tertiary/aromatic N) is 3. The Morgan fingerprint density at radius 1 is 1.16 bits per heavy atom. The van der Waals surface area contributed by atoms with E-state index in [0.717, 1.165) is 15.6 Å². The Bertz CT molecular complexity index is 1280. The van der Waals surface area contributed by atoms with Crippen molar-refractivity contribution in [1.29, 1.82) is 0 Å². The highest BCUT2D eigenvalue weighted by Crippen LogP contribution is 2.28. The zero-order chi connectivity index (χ0) is 27.3. The lowest BCUT2D eigenvalue weighted by molar-refractivity contribution is -0.192. The maximum Gasteiger partial charge on any atom is 0.490 e. The molecule has 3 aromatic rings. The Morgan fingerprint density at radius 3 is 2.46 bits per heavy atom. The number of nitrogens with two attached hydrogens (primary N) is 1. The number of aliphatic carboxylic acids is 1. The van der Waals surface area contributed by atoms with Gasteiger partial charge < -0.3 is 36.1 Å². The van der Waals surface area contributed by atoms with Gasteiger partial charge in [-0.2, -0.15) is 18.2 Å². The molecule has 2 aromatic heterocycles. The summed E-state index contributed by atoms with van der Waals surface area (Å²) in [4.78, 5) is 44.2. The Morgan fingerprint density at radius 2 is 1.84 bits per heavy atom. The molecular weight excluding hydrogens is 505 g/mol. The molecule has 0 bridgehead atoms. The third-order valence-corrected chi connectivity index (χ3v) is 5.23. The zero-order valence-electron chi connectivity index (χ0n) is 18.9. The molecule has 1 aliphatic heterocycles. The largest absolute Gasteiger partial charge is 0.490 e. The minimum Gasteiger partial charge on any atom is -0.475 e. The van der Waals surface area contributed by atoms with Gasteiger partial charge >= 0.3 is 17.8 Å². The van der Waals surface area contributed by atoms with Gasteiger partial charge in [-0.15, -0.1) is 0 Å². The van der Waals surface area contributed by atoms with Crippen LogP contribution in [0.3, 0.4) is 0 Å². The van der Waals surface area contributed by atoms with Gasteiger partial charge in [0.25, 0.3) is 0 Å². The normalized spacial score (nSPS) is 21.3. The molecular formula is C21H23F3N6O7. The van der Waals surface area contributed by atoms with Crippen molar-refractivity contribution in [3.8, 4) is 0 Å². The molecule has 7 N–H and O–H groups in total. The lowest BCUT2D eigenvalue weighted by atomic mass is 10.1. The van der Waals surface area contributed by atoms with Gasteiger partial charge in [-0.25, -0.2) is 14.6 Å². The quantitative estimate of drug-likeness (QED) is 0.246. The van der Waals surface area contributed by atoms with Crippen LogP contribution in [-0.4, -0.2) is 77.7 Å². The lowest BCUT2D eigenvalue weighted by Gasteiger charge is -2.17. The van der Waals surface area contributed by atoms with E-state index in [1.807, 2.05) is 24.3 Å². The van der Waals surface area contributed by atoms with Gasteiger partial charge in [-0.3, -0.25) is 9.36 Å². The zero-order valence-corrected chi connectivity index (χ0v) is 18.9. The average Bonchev–Trinajstić information content (AvgIpc) is 3.37. The number of hydrogen-bond acceptors (Lipinski definition) is 9. The van der Waals surface area contributed by atoms with E-state index in [1.54, 1.807) is 0 Å². The number of rotatable bonds is 6. The first-order valence-corrected chi connectivity index (χ1v) is 10.7. The van der Waals surface area contributed by atoms with E-state index in [1.165, 1.54) is 12.3 Å². The summed E-state index contributed by atoms with van der Waals surface area (Å²) in [5, 5.41) is 30.3. The van der Waals surface area contributed by atoms with Crippen LogP contribution < -0.4 is 16.7 Å². The van der Waals surface area contributed by atoms with E-state index in [0.29, 0.717) is 12.2 Å². The second-order valence-electron chi connectivity index (χ2n) is 7.90. The molecule has 1 aliphatic rings. The van der Waals surface area contributed by atoms with Crippen molar-refractivity contribution in [3.05, 3.63) is 52.8 Å². The maximum absolute atomic E-state index is 12.2. The number of carbonyl (C=O) groups excluding carboxylic acids is 1. The molecule has 0 aliphatic carbocycles. The number of aryl methyl sites for hydroxylation is 1. The van der Waals surface area contributed by atoms with Crippen LogP contribution in [0.2, 0.25) is 0 Å². The summed E-state index contributed by atoms with van der Waals surface area (Å²) in [5.74, 6) is -2.27. The fraction of sp³-hybridized carbons (Fsp3) is 0.381. The highest BCUT2D eigenvalue weighted by atomic mass is 19.4. The number of halogens is 3. The van der Waals surface area contributed by atoms with E-state index in [9.17, 15) is 33.0 Å². The van der Waals surface area contributed by atoms with E-state index >= 15 is 0 Å². The molecule has 0 spiro atoms. The van der Waals surface area contributed by atoms with E-state index < -0.39 is 42.4 Å². The van der Waals surface area contributed by atoms with Gasteiger partial charge in [0, 0.05) is 25.6 Å². The number of aromatic nitrogens is 4. The number of benzene rings is 1. The molecule has 1 aromatic carbocycles. The molecule has 4 atom stereocenters. The minimum absolute atomic E-state index is 0.0230. The SMILES string of the molecule is Nc1ccn([C@@H]2O[C@H](CNC(=O)CCc3nc4ccccc4[nH]3)[C@@H](O)[C@H]2O)c(=O)n1.O=C(O)C(F)(F)F. The van der Waals surface area contributed by atoms with Crippen LogP contribution in [0, 0.1) is 0 Å². The fourth-order valence-electron chi connectivity index (χ4n) is 3.41.